The first-order valence-corrected chi connectivity index (χ1v) is 40.3. The molecule has 0 fully saturated rings. The number of allylic oxidation sites excluding steroid dienone is 2. The van der Waals surface area contributed by atoms with Crippen molar-refractivity contribution in [2.45, 2.75) is 13.8 Å². The van der Waals surface area contributed by atoms with E-state index in [9.17, 15) is 4.39 Å². The summed E-state index contributed by atoms with van der Waals surface area (Å²) in [7, 11) is -1.00. The van der Waals surface area contributed by atoms with Gasteiger partial charge in [0, 0.05) is 60.9 Å². The fraction of sp³-hybridized carbons (Fsp3) is 0.0265. The summed E-state index contributed by atoms with van der Waals surface area (Å²) in [6.07, 6.45) is 10.5. The van der Waals surface area contributed by atoms with Crippen LogP contribution in [-0.2, 0) is 6.42 Å². The Morgan fingerprint density at radius 1 is 0.305 bits per heavy atom. The Bertz CT molecular complexity index is 6950. The van der Waals surface area contributed by atoms with E-state index in [0.717, 1.165) is 78.3 Å². The number of fused-ring (bicyclic) bond motifs is 10. The van der Waals surface area contributed by atoms with Gasteiger partial charge < -0.3 is 4.57 Å². The van der Waals surface area contributed by atoms with Crippen molar-refractivity contribution >= 4 is 82.2 Å². The highest BCUT2D eigenvalue weighted by atomic mass is 79.9. The summed E-state index contributed by atoms with van der Waals surface area (Å²) >= 11 is 3.57. The summed E-state index contributed by atoms with van der Waals surface area (Å²) in [5, 5.41) is 10.0. The molecule has 560 valence electrons. The number of hydrogen-bond acceptors (Lipinski definition) is 2. The van der Waals surface area contributed by atoms with Gasteiger partial charge in [-0.3, -0.25) is 4.39 Å². The zero-order valence-electron chi connectivity index (χ0n) is 65.0. The van der Waals surface area contributed by atoms with Crippen molar-refractivity contribution in [1.29, 1.82) is 0 Å². The second-order valence-corrected chi connectivity index (χ2v) is 30.4. The van der Waals surface area contributed by atoms with Crippen molar-refractivity contribution < 1.29 is 5.76 Å². The Balaban J connectivity index is 0.000000132. The maximum Gasteiger partial charge on any atom is 0.111 e. The van der Waals surface area contributed by atoms with Crippen LogP contribution in [0.4, 0.5) is 4.39 Å². The van der Waals surface area contributed by atoms with Gasteiger partial charge in [0.15, 0.2) is 0 Å². The number of rotatable bonds is 11. The molecule has 2 aliphatic rings. The van der Waals surface area contributed by atoms with E-state index in [1.807, 2.05) is 48.5 Å². The van der Waals surface area contributed by atoms with E-state index in [4.69, 9.17) is 11.3 Å². The van der Waals surface area contributed by atoms with E-state index in [1.54, 1.807) is 0 Å². The molecule has 3 heterocycles. The van der Waals surface area contributed by atoms with Crippen molar-refractivity contribution in [2.75, 3.05) is 7.15 Å². The summed E-state index contributed by atoms with van der Waals surface area (Å²) in [5.74, 6) is 0. The highest BCUT2D eigenvalue weighted by molar-refractivity contribution is 9.10. The summed E-state index contributed by atoms with van der Waals surface area (Å²) in [4.78, 5) is 10.1. The minimum absolute atomic E-state index is 0. The molecular formula is C113H80BrFN3+. The van der Waals surface area contributed by atoms with Gasteiger partial charge in [0.25, 0.3) is 0 Å². The molecule has 0 bridgehead atoms. The van der Waals surface area contributed by atoms with E-state index in [-0.39, 0.29) is 7.43 Å². The Labute approximate surface area is 698 Å². The topological polar surface area (TPSA) is 30.7 Å². The molecule has 20 aromatic rings. The third-order valence-corrected chi connectivity index (χ3v) is 23.0. The van der Waals surface area contributed by atoms with Crippen molar-refractivity contribution in [2.24, 2.45) is 0 Å². The molecule has 0 unspecified atom stereocenters. The van der Waals surface area contributed by atoms with Crippen LogP contribution < -0.4 is 0 Å². The van der Waals surface area contributed by atoms with E-state index < -0.39 is 7.15 Å². The molecule has 0 atom stereocenters. The summed E-state index contributed by atoms with van der Waals surface area (Å²) in [6, 6.07) is 148. The summed E-state index contributed by atoms with van der Waals surface area (Å²) in [6.45, 7) is 0. The molecule has 118 heavy (non-hydrogen) atoms. The fourth-order valence-corrected chi connectivity index (χ4v) is 17.3. The van der Waals surface area contributed by atoms with Crippen LogP contribution in [0.25, 0.3) is 195 Å². The molecular weight excluding hydrogens is 1500 g/mol. The largest absolute Gasteiger partial charge is 0.309 e. The van der Waals surface area contributed by atoms with Gasteiger partial charge in [-0.25, -0.2) is 9.97 Å². The number of nitrogens with zero attached hydrogens (tertiary/aromatic N) is 3. The molecule has 3 aromatic heterocycles. The predicted octanol–water partition coefficient (Wildman–Crippen LogP) is 31.5. The lowest BCUT2D eigenvalue weighted by molar-refractivity contribution is 0.636. The van der Waals surface area contributed by atoms with E-state index in [2.05, 4.69) is 409 Å². The first kappa shape index (κ1) is 73.6. The van der Waals surface area contributed by atoms with Crippen molar-refractivity contribution in [1.82, 2.24) is 14.5 Å². The third kappa shape index (κ3) is 15.0. The third-order valence-electron chi connectivity index (χ3n) is 22.5. The predicted molar refractivity (Wildman–Crippen MR) is 503 cm³/mol. The van der Waals surface area contributed by atoms with E-state index in [0.29, 0.717) is 0 Å². The lowest BCUT2D eigenvalue weighted by atomic mass is 9.90. The quantitative estimate of drug-likeness (QED) is 0.121. The molecule has 5 heteroatoms. The molecule has 2 aliphatic carbocycles. The van der Waals surface area contributed by atoms with Gasteiger partial charge in [0.1, 0.15) is 17.7 Å². The zero-order valence-corrected chi connectivity index (χ0v) is 65.6. The Morgan fingerprint density at radius 2 is 0.661 bits per heavy atom. The average Bonchev–Trinajstić information content (AvgIpc) is 1.58. The highest BCUT2D eigenvalue weighted by Gasteiger charge is 2.24. The molecule has 0 amide bonds. The number of hydrogen-bond donors (Lipinski definition) is 0. The fourth-order valence-electron chi connectivity index (χ4n) is 16.9. The van der Waals surface area contributed by atoms with Gasteiger partial charge in [-0.05, 0) is 213 Å². The second-order valence-electron chi connectivity index (χ2n) is 29.5. The Hall–Kier alpha value is -14.6. The number of pyridine rings is 2. The lowest BCUT2D eigenvalue weighted by Gasteiger charge is -2.13. The number of aromatic nitrogens is 3. The molecule has 22 rings (SSSR count). The molecule has 0 saturated heterocycles. The smallest absolute Gasteiger partial charge is 0.111 e. The van der Waals surface area contributed by atoms with Crippen LogP contribution in [0.5, 0.6) is 0 Å². The van der Waals surface area contributed by atoms with Crippen LogP contribution in [0.2, 0.25) is 0 Å². The zero-order chi connectivity index (χ0) is 79.3. The van der Waals surface area contributed by atoms with Gasteiger partial charge in [0.2, 0.25) is 0 Å². The number of alkyl halides is 1. The highest BCUT2D eigenvalue weighted by Crippen LogP contribution is 2.46. The monoisotopic (exact) mass is 1580 g/mol. The Kier molecular flexibility index (Phi) is 20.9. The van der Waals surface area contributed by atoms with Crippen LogP contribution in [0.3, 0.4) is 0 Å². The van der Waals surface area contributed by atoms with E-state index >= 15 is 0 Å². The molecule has 0 aliphatic heterocycles. The maximum atomic E-state index is 9.96. The van der Waals surface area contributed by atoms with Gasteiger partial charge in [-0.1, -0.05) is 339 Å². The van der Waals surface area contributed by atoms with Crippen molar-refractivity contribution in [3.8, 4) is 129 Å². The minimum Gasteiger partial charge on any atom is -0.309 e. The van der Waals surface area contributed by atoms with Crippen LogP contribution in [0.15, 0.2) is 423 Å². The van der Waals surface area contributed by atoms with Crippen LogP contribution in [-0.4, -0.2) is 21.7 Å². The number of halogens is 2. The van der Waals surface area contributed by atoms with Crippen LogP contribution in [0, 0.1) is 6.08 Å². The Morgan fingerprint density at radius 3 is 1.11 bits per heavy atom. The van der Waals surface area contributed by atoms with Crippen molar-refractivity contribution in [3.63, 3.8) is 0 Å². The molecule has 3 nitrogen and oxygen atoms in total. The first-order valence-electron chi connectivity index (χ1n) is 40.2. The summed E-state index contributed by atoms with van der Waals surface area (Å²) < 4.78 is 19.0. The molecule has 0 radical (unpaired) electrons. The van der Waals surface area contributed by atoms with Crippen LogP contribution in [0.1, 0.15) is 31.1 Å². The number of benzene rings is 17. The first-order chi connectivity index (χ1) is 58.3. The van der Waals surface area contributed by atoms with Gasteiger partial charge in [-0.2, -0.15) is 0 Å². The molecule has 0 N–H and O–H groups in total. The normalized spacial score (nSPS) is 11.6. The maximum absolute atomic E-state index is 9.96. The van der Waals surface area contributed by atoms with Crippen LogP contribution >= 0.6 is 15.9 Å². The van der Waals surface area contributed by atoms with Gasteiger partial charge >= 0.3 is 0 Å². The standard InChI is InChI=1S/C55H36N2.C33H21.C23H16BrN.CH3F.CH4/c1-3-16-39(17-4-1)52-35-44(36-53(56-52)40-18-5-2-6-19-40)41-22-11-23-45(32-41)57-54-30-28-42(48-26-12-20-37-14-7-9-24-46(37)48)33-50(54)51-34-43(29-31-55(51)57)49-27-13-21-38-15-8-10-25-47(38)49;1-3-11-28-22(7-1)9-5-13-30(28)26-17-15-24-19-25-16-18-27(21-33(25)32(24)20-26)31-14-6-10-23-8-2-4-12-29(23)31;24-21-13-7-12-19(14-21)20-15-22(17-8-3-1-4-9-17)25-23(16-20)18-10-5-2-6-11-18;1-2;/h1-36H;1,3-18,20-21H,19H2;1-16H;1H3;1H4/q;+1;;;/i;;;1D;. The lowest BCUT2D eigenvalue weighted by Crippen LogP contribution is -1.95. The minimum atomic E-state index is -1.00. The molecule has 0 saturated carbocycles. The average molecular weight is 1580 g/mol. The van der Waals surface area contributed by atoms with Gasteiger partial charge in [0.05, 0.1) is 54.0 Å². The summed E-state index contributed by atoms with van der Waals surface area (Å²) in [5.41, 5.74) is 34.5. The van der Waals surface area contributed by atoms with Gasteiger partial charge in [-0.15, -0.1) is 0 Å². The molecule has 0 spiro atoms. The second kappa shape index (κ2) is 33.5. The molecule has 17 aromatic carbocycles. The van der Waals surface area contributed by atoms with E-state index in [1.165, 1.54) is 138 Å². The SMILES string of the molecule is Brc1cccc(-c2cc(-c3ccccc3)nc(-c3ccccc3)c2)c1.C.[2H]CF.[C+]1=Cc2cccc(-c3ccc4c(c3)-c3cc(-c5cccc6ccccc56)ccc3C4)c2C=C1.c1ccc(-c2cc(-c3cccc(-n4c5ccc(-c6cccc7ccccc67)cc5c5cc(-c6cccc7ccccc67)ccc54)c3)cc(-c3ccccc3)n2)cc1. The van der Waals surface area contributed by atoms with Crippen molar-refractivity contribution in [3.05, 3.63) is 451 Å².